The zero-order valence-corrected chi connectivity index (χ0v) is 30.8. The molecule has 0 aromatic carbocycles. The van der Waals surface area contributed by atoms with Crippen LogP contribution in [0.4, 0.5) is 0 Å². The molecule has 0 atom stereocenters. The van der Waals surface area contributed by atoms with Gasteiger partial charge in [0.15, 0.2) is 5.43 Å². The molecule has 14 heteroatoms. The molecular weight excluding hydrogens is 676 g/mol. The van der Waals surface area contributed by atoms with E-state index in [0.717, 1.165) is 87.0 Å². The normalized spacial score (nSPS) is 16.1. The van der Waals surface area contributed by atoms with E-state index in [0.29, 0.717) is 54.5 Å². The molecule has 0 bridgehead atoms. The number of ether oxygens (including phenoxy) is 2. The first-order valence-corrected chi connectivity index (χ1v) is 18.3. The Labute approximate surface area is 308 Å². The van der Waals surface area contributed by atoms with Gasteiger partial charge in [-0.15, -0.1) is 0 Å². The van der Waals surface area contributed by atoms with E-state index in [1.54, 1.807) is 73.0 Å². The number of nitrogens with two attached hydrogens (primary N) is 1. The average molecular weight is 727 g/mol. The molecule has 0 aliphatic carbocycles. The molecule has 7 rings (SSSR count). The Morgan fingerprint density at radius 3 is 1.75 bits per heavy atom. The van der Waals surface area contributed by atoms with Gasteiger partial charge in [-0.2, -0.15) is 0 Å². The summed E-state index contributed by atoms with van der Waals surface area (Å²) in [5.74, 6) is 1.97. The first kappa shape index (κ1) is 37.9. The summed E-state index contributed by atoms with van der Waals surface area (Å²) in [6.07, 6.45) is 8.92. The Bertz CT molecular complexity index is 2170. The maximum Gasteiger partial charge on any atom is 0.251 e. The van der Waals surface area contributed by atoms with Crippen LogP contribution >= 0.6 is 0 Å². The quantitative estimate of drug-likeness (QED) is 0.205. The molecule has 53 heavy (non-hydrogen) atoms. The van der Waals surface area contributed by atoms with Gasteiger partial charge in [0.1, 0.15) is 17.3 Å². The molecular formula is C39H50N8O6. The lowest BCUT2D eigenvalue weighted by molar-refractivity contribution is 0.189. The summed E-state index contributed by atoms with van der Waals surface area (Å²) in [7, 11) is 3.20. The molecule has 2 aliphatic heterocycles. The second kappa shape index (κ2) is 17.8. The molecule has 2 fully saturated rings. The van der Waals surface area contributed by atoms with Gasteiger partial charge in [-0.25, -0.2) is 0 Å². The average Bonchev–Trinajstić information content (AvgIpc) is 3.18. The number of aromatic nitrogens is 4. The van der Waals surface area contributed by atoms with Gasteiger partial charge >= 0.3 is 0 Å². The molecule has 0 amide bonds. The smallest absolute Gasteiger partial charge is 0.251 e. The third-order valence-electron chi connectivity index (χ3n) is 10.2. The first-order chi connectivity index (χ1) is 25.7. The predicted molar refractivity (Wildman–Crippen MR) is 205 cm³/mol. The standard InChI is InChI=1S/C23H28N4O4.C16H22N4O2/c1-16-15-31-19(12-22(16)28)14-24-17-5-7-26(8-6-17)9-10-27-21-11-18(30-2)13-25-20(21)3-4-23(27)29;1-22-13-10-15-14(18-11-13)2-3-16(21)20(15)9-8-19-6-4-12(17)5-7-19/h3-4,11-13,15,17,24H,5-10,14H2,1-2H3;2-3,10-12H,4-9,17H2,1H3. The fourth-order valence-electron chi connectivity index (χ4n) is 6.86. The van der Waals surface area contributed by atoms with Gasteiger partial charge in [0.25, 0.3) is 11.1 Å². The fraction of sp³-hybridized carbons (Fsp3) is 0.462. The van der Waals surface area contributed by atoms with Crippen LogP contribution in [0.25, 0.3) is 22.1 Å². The summed E-state index contributed by atoms with van der Waals surface area (Å²) in [6.45, 7) is 9.13. The van der Waals surface area contributed by atoms with Crippen molar-refractivity contribution in [3.8, 4) is 11.5 Å². The van der Waals surface area contributed by atoms with Gasteiger partial charge < -0.3 is 43.9 Å². The maximum absolute atomic E-state index is 12.5. The summed E-state index contributed by atoms with van der Waals surface area (Å²) in [4.78, 5) is 49.9. The minimum atomic E-state index is -0.0290. The molecule has 2 saturated heterocycles. The van der Waals surface area contributed by atoms with E-state index in [2.05, 4.69) is 25.1 Å². The third kappa shape index (κ3) is 9.76. The number of rotatable bonds is 11. The molecule has 0 saturated carbocycles. The summed E-state index contributed by atoms with van der Waals surface area (Å²) in [6, 6.07) is 12.7. The monoisotopic (exact) mass is 726 g/mol. The van der Waals surface area contributed by atoms with Gasteiger partial charge in [0.2, 0.25) is 0 Å². The zero-order valence-electron chi connectivity index (χ0n) is 30.8. The predicted octanol–water partition coefficient (Wildman–Crippen LogP) is 2.75. The van der Waals surface area contributed by atoms with Crippen LogP contribution in [0.1, 0.15) is 37.0 Å². The van der Waals surface area contributed by atoms with Crippen LogP contribution in [-0.4, -0.2) is 94.5 Å². The highest BCUT2D eigenvalue weighted by Crippen LogP contribution is 2.19. The summed E-state index contributed by atoms with van der Waals surface area (Å²) in [5, 5.41) is 3.49. The molecule has 7 heterocycles. The van der Waals surface area contributed by atoms with E-state index in [-0.39, 0.29) is 16.5 Å². The van der Waals surface area contributed by atoms with Crippen molar-refractivity contribution >= 4 is 22.1 Å². The van der Waals surface area contributed by atoms with E-state index in [9.17, 15) is 14.4 Å². The van der Waals surface area contributed by atoms with E-state index in [1.165, 1.54) is 6.26 Å². The number of methoxy groups -OCH3 is 2. The highest BCUT2D eigenvalue weighted by Gasteiger charge is 2.20. The van der Waals surface area contributed by atoms with Gasteiger partial charge in [0.05, 0.1) is 61.5 Å². The Morgan fingerprint density at radius 1 is 0.755 bits per heavy atom. The Hall–Kier alpha value is -4.89. The Balaban J connectivity index is 0.000000192. The van der Waals surface area contributed by atoms with Crippen LogP contribution in [-0.2, 0) is 19.6 Å². The topological polar surface area (TPSA) is 163 Å². The minimum Gasteiger partial charge on any atom is -0.495 e. The van der Waals surface area contributed by atoms with Crippen LogP contribution in [0.15, 0.2) is 79.9 Å². The van der Waals surface area contributed by atoms with Gasteiger partial charge in [-0.3, -0.25) is 24.4 Å². The zero-order chi connectivity index (χ0) is 37.3. The molecule has 0 unspecified atom stereocenters. The Morgan fingerprint density at radius 2 is 1.26 bits per heavy atom. The molecule has 5 aromatic rings. The van der Waals surface area contributed by atoms with Crippen molar-refractivity contribution in [1.82, 2.24) is 34.2 Å². The molecule has 2 aliphatic rings. The van der Waals surface area contributed by atoms with Crippen LogP contribution in [0.3, 0.4) is 0 Å². The van der Waals surface area contributed by atoms with Crippen LogP contribution in [0.5, 0.6) is 11.5 Å². The van der Waals surface area contributed by atoms with E-state index in [1.807, 2.05) is 12.1 Å². The minimum absolute atomic E-state index is 0.00346. The number of hydrogen-bond acceptors (Lipinski definition) is 12. The molecule has 3 N–H and O–H groups in total. The molecule has 0 radical (unpaired) electrons. The molecule has 282 valence electrons. The van der Waals surface area contributed by atoms with Crippen molar-refractivity contribution in [2.75, 3.05) is 53.5 Å². The van der Waals surface area contributed by atoms with Crippen LogP contribution in [0, 0.1) is 6.92 Å². The van der Waals surface area contributed by atoms with Crippen molar-refractivity contribution in [3.05, 3.63) is 103 Å². The number of nitrogens with zero attached hydrogens (tertiary/aromatic N) is 6. The van der Waals surface area contributed by atoms with E-state index < -0.39 is 0 Å². The SMILES string of the molecule is COc1cnc2ccc(=O)n(CCN3CCC(N)CC3)c2c1.COc1cnc2ccc(=O)n(CCN3CCC(NCc4cc(=O)c(C)co4)CC3)c2c1. The second-order valence-corrected chi connectivity index (χ2v) is 13.8. The van der Waals surface area contributed by atoms with Gasteiger partial charge in [-0.05, 0) is 70.9 Å². The molecule has 0 spiro atoms. The number of hydrogen-bond donors (Lipinski definition) is 2. The van der Waals surface area contributed by atoms with Gasteiger partial charge in [0, 0.05) is 74.2 Å². The van der Waals surface area contributed by atoms with Gasteiger partial charge in [-0.1, -0.05) is 0 Å². The van der Waals surface area contributed by atoms with E-state index in [4.69, 9.17) is 19.6 Å². The summed E-state index contributed by atoms with van der Waals surface area (Å²) < 4.78 is 19.5. The number of likely N-dealkylation sites (tertiary alicyclic amines) is 2. The number of fused-ring (bicyclic) bond motifs is 2. The van der Waals surface area contributed by atoms with Crippen molar-refractivity contribution in [2.24, 2.45) is 5.73 Å². The van der Waals surface area contributed by atoms with E-state index >= 15 is 0 Å². The summed E-state index contributed by atoms with van der Waals surface area (Å²) >= 11 is 0. The highest BCUT2D eigenvalue weighted by atomic mass is 16.5. The van der Waals surface area contributed by atoms with Crippen LogP contribution < -0.4 is 37.1 Å². The summed E-state index contributed by atoms with van der Waals surface area (Å²) in [5.41, 5.74) is 9.73. The second-order valence-electron chi connectivity index (χ2n) is 13.8. The Kier molecular flexibility index (Phi) is 12.7. The lowest BCUT2D eigenvalue weighted by Gasteiger charge is -2.32. The van der Waals surface area contributed by atoms with Crippen LogP contribution in [0.2, 0.25) is 0 Å². The number of pyridine rings is 4. The fourth-order valence-corrected chi connectivity index (χ4v) is 6.86. The van der Waals surface area contributed by atoms with Crippen molar-refractivity contribution in [1.29, 1.82) is 0 Å². The molecule has 14 nitrogen and oxygen atoms in total. The lowest BCUT2D eigenvalue weighted by Crippen LogP contribution is -2.43. The highest BCUT2D eigenvalue weighted by molar-refractivity contribution is 5.76. The van der Waals surface area contributed by atoms with Crippen molar-refractivity contribution < 1.29 is 13.9 Å². The molecule has 5 aromatic heterocycles. The third-order valence-corrected chi connectivity index (χ3v) is 10.2. The number of piperidine rings is 2. The maximum atomic E-state index is 12.5. The number of nitrogens with one attached hydrogen (secondary N) is 1. The first-order valence-electron chi connectivity index (χ1n) is 18.3. The van der Waals surface area contributed by atoms with Crippen molar-refractivity contribution in [2.45, 2.75) is 64.3 Å². The van der Waals surface area contributed by atoms with Crippen molar-refractivity contribution in [3.63, 3.8) is 0 Å². The largest absolute Gasteiger partial charge is 0.495 e. The number of aryl methyl sites for hydroxylation is 1. The lowest BCUT2D eigenvalue weighted by atomic mass is 10.0.